The first kappa shape index (κ1) is 18.5. The molecule has 2 aromatic rings. The molecule has 2 aromatic carbocycles. The summed E-state index contributed by atoms with van der Waals surface area (Å²) in [6.07, 6.45) is 1.93. The van der Waals surface area contributed by atoms with Crippen LogP contribution < -0.4 is 10.2 Å². The SMILES string of the molecule is Cc1cccc(N2CCN(C(=O)c3cccc(NC(=O)C4CC4)c3)CC2)c1C. The van der Waals surface area contributed by atoms with Crippen LogP contribution >= 0.6 is 0 Å². The Hall–Kier alpha value is -2.82. The van der Waals surface area contributed by atoms with Crippen LogP contribution in [0.5, 0.6) is 0 Å². The number of nitrogens with one attached hydrogen (secondary N) is 1. The van der Waals surface area contributed by atoms with Crippen molar-refractivity contribution >= 4 is 23.2 Å². The molecule has 4 rings (SSSR count). The van der Waals surface area contributed by atoms with E-state index in [1.807, 2.05) is 23.1 Å². The van der Waals surface area contributed by atoms with E-state index in [1.165, 1.54) is 16.8 Å². The molecule has 2 amide bonds. The number of carbonyl (C=O) groups excluding carboxylic acids is 2. The van der Waals surface area contributed by atoms with E-state index in [2.05, 4.69) is 42.3 Å². The van der Waals surface area contributed by atoms with Gasteiger partial charge >= 0.3 is 0 Å². The van der Waals surface area contributed by atoms with Crippen LogP contribution in [0.4, 0.5) is 11.4 Å². The van der Waals surface area contributed by atoms with Crippen LogP contribution in [0.25, 0.3) is 0 Å². The van der Waals surface area contributed by atoms with E-state index in [0.29, 0.717) is 24.3 Å². The summed E-state index contributed by atoms with van der Waals surface area (Å²) < 4.78 is 0. The molecule has 0 atom stereocenters. The summed E-state index contributed by atoms with van der Waals surface area (Å²) >= 11 is 0. The number of anilines is 2. The molecule has 0 aromatic heterocycles. The lowest BCUT2D eigenvalue weighted by molar-refractivity contribution is -0.117. The molecule has 5 nitrogen and oxygen atoms in total. The Morgan fingerprint density at radius 1 is 0.964 bits per heavy atom. The van der Waals surface area contributed by atoms with Crippen molar-refractivity contribution in [3.8, 4) is 0 Å². The van der Waals surface area contributed by atoms with Crippen LogP contribution in [0.1, 0.15) is 34.3 Å². The average molecular weight is 377 g/mol. The highest BCUT2D eigenvalue weighted by Crippen LogP contribution is 2.30. The Morgan fingerprint density at radius 3 is 2.39 bits per heavy atom. The Balaban J connectivity index is 1.40. The van der Waals surface area contributed by atoms with Gasteiger partial charge in [0.15, 0.2) is 0 Å². The number of nitrogens with zero attached hydrogens (tertiary/aromatic N) is 2. The molecule has 1 saturated heterocycles. The lowest BCUT2D eigenvalue weighted by atomic mass is 10.1. The van der Waals surface area contributed by atoms with E-state index in [-0.39, 0.29) is 17.7 Å². The number of benzene rings is 2. The lowest BCUT2D eigenvalue weighted by Crippen LogP contribution is -2.49. The molecule has 1 aliphatic carbocycles. The van der Waals surface area contributed by atoms with Gasteiger partial charge in [0.25, 0.3) is 5.91 Å². The molecular weight excluding hydrogens is 350 g/mol. The Labute approximate surface area is 166 Å². The third kappa shape index (κ3) is 3.88. The van der Waals surface area contributed by atoms with Gasteiger partial charge in [-0.25, -0.2) is 0 Å². The van der Waals surface area contributed by atoms with Gasteiger partial charge in [-0.1, -0.05) is 18.2 Å². The molecule has 1 aliphatic heterocycles. The number of amides is 2. The van der Waals surface area contributed by atoms with Gasteiger partial charge in [0.2, 0.25) is 5.91 Å². The maximum Gasteiger partial charge on any atom is 0.254 e. The summed E-state index contributed by atoms with van der Waals surface area (Å²) in [5, 5.41) is 2.92. The fraction of sp³-hybridized carbons (Fsp3) is 0.391. The van der Waals surface area contributed by atoms with Crippen LogP contribution in [0.3, 0.4) is 0 Å². The number of hydrogen-bond donors (Lipinski definition) is 1. The lowest BCUT2D eigenvalue weighted by Gasteiger charge is -2.37. The van der Waals surface area contributed by atoms with Crippen molar-refractivity contribution in [1.82, 2.24) is 4.90 Å². The molecule has 0 radical (unpaired) electrons. The number of piperazine rings is 1. The van der Waals surface area contributed by atoms with Gasteiger partial charge in [0.05, 0.1) is 0 Å². The minimum absolute atomic E-state index is 0.0307. The summed E-state index contributed by atoms with van der Waals surface area (Å²) in [4.78, 5) is 29.2. The molecule has 0 spiro atoms. The van der Waals surface area contributed by atoms with Gasteiger partial charge in [-0.05, 0) is 62.1 Å². The van der Waals surface area contributed by atoms with Crippen LogP contribution in [0.2, 0.25) is 0 Å². The third-order valence-electron chi connectivity index (χ3n) is 5.81. The zero-order chi connectivity index (χ0) is 19.7. The van der Waals surface area contributed by atoms with Crippen molar-refractivity contribution in [2.24, 2.45) is 5.92 Å². The normalized spacial score (nSPS) is 16.8. The Kier molecular flexibility index (Phi) is 5.07. The van der Waals surface area contributed by atoms with Crippen LogP contribution in [-0.4, -0.2) is 42.9 Å². The summed E-state index contributed by atoms with van der Waals surface area (Å²) in [6.45, 7) is 7.34. The minimum atomic E-state index is 0.0307. The van der Waals surface area contributed by atoms with Crippen molar-refractivity contribution in [2.45, 2.75) is 26.7 Å². The average Bonchev–Trinajstić information content (AvgIpc) is 3.55. The van der Waals surface area contributed by atoms with E-state index in [0.717, 1.165) is 25.9 Å². The van der Waals surface area contributed by atoms with E-state index in [1.54, 1.807) is 6.07 Å². The number of hydrogen-bond acceptors (Lipinski definition) is 3. The van der Waals surface area contributed by atoms with E-state index >= 15 is 0 Å². The van der Waals surface area contributed by atoms with Crippen LogP contribution in [0.15, 0.2) is 42.5 Å². The number of carbonyl (C=O) groups is 2. The first-order valence-electron chi connectivity index (χ1n) is 10.0. The topological polar surface area (TPSA) is 52.6 Å². The molecule has 5 heteroatoms. The highest BCUT2D eigenvalue weighted by molar-refractivity contribution is 5.98. The highest BCUT2D eigenvalue weighted by atomic mass is 16.2. The Morgan fingerprint density at radius 2 is 1.68 bits per heavy atom. The van der Waals surface area contributed by atoms with Crippen molar-refractivity contribution in [3.63, 3.8) is 0 Å². The molecule has 2 aliphatic rings. The molecule has 146 valence electrons. The zero-order valence-corrected chi connectivity index (χ0v) is 16.6. The fourth-order valence-electron chi connectivity index (χ4n) is 3.73. The predicted molar refractivity (Wildman–Crippen MR) is 112 cm³/mol. The van der Waals surface area contributed by atoms with Crippen molar-refractivity contribution in [1.29, 1.82) is 0 Å². The van der Waals surface area contributed by atoms with E-state index < -0.39 is 0 Å². The second-order valence-corrected chi connectivity index (χ2v) is 7.84. The van der Waals surface area contributed by atoms with Gasteiger partial charge in [-0.3, -0.25) is 9.59 Å². The molecule has 28 heavy (non-hydrogen) atoms. The molecule has 1 N–H and O–H groups in total. The Bertz CT molecular complexity index is 896. The monoisotopic (exact) mass is 377 g/mol. The summed E-state index contributed by atoms with van der Waals surface area (Å²) in [5.41, 5.74) is 5.20. The minimum Gasteiger partial charge on any atom is -0.368 e. The van der Waals surface area contributed by atoms with Gasteiger partial charge in [-0.15, -0.1) is 0 Å². The molecule has 1 heterocycles. The van der Waals surface area contributed by atoms with Crippen LogP contribution in [0, 0.1) is 19.8 Å². The largest absolute Gasteiger partial charge is 0.368 e. The van der Waals surface area contributed by atoms with Crippen molar-refractivity contribution < 1.29 is 9.59 Å². The van der Waals surface area contributed by atoms with E-state index in [9.17, 15) is 9.59 Å². The van der Waals surface area contributed by atoms with Crippen molar-refractivity contribution in [2.75, 3.05) is 36.4 Å². The number of aryl methyl sites for hydroxylation is 1. The molecule has 0 bridgehead atoms. The fourth-order valence-corrected chi connectivity index (χ4v) is 3.73. The van der Waals surface area contributed by atoms with Gasteiger partial charge in [0, 0.05) is 49.0 Å². The predicted octanol–water partition coefficient (Wildman–Crippen LogP) is 3.61. The maximum absolute atomic E-state index is 12.9. The molecule has 0 unspecified atom stereocenters. The highest BCUT2D eigenvalue weighted by Gasteiger charge is 2.30. The standard InChI is InChI=1S/C23H27N3O2/c1-16-5-3-8-21(17(16)2)25-11-13-26(14-12-25)23(28)19-6-4-7-20(15-19)24-22(27)18-9-10-18/h3-8,15,18H,9-14H2,1-2H3,(H,24,27). The first-order chi connectivity index (χ1) is 13.5. The smallest absolute Gasteiger partial charge is 0.254 e. The van der Waals surface area contributed by atoms with E-state index in [4.69, 9.17) is 0 Å². The quantitative estimate of drug-likeness (QED) is 0.886. The van der Waals surface area contributed by atoms with Gasteiger partial charge in [-0.2, -0.15) is 0 Å². The number of rotatable bonds is 4. The van der Waals surface area contributed by atoms with Crippen LogP contribution in [-0.2, 0) is 4.79 Å². The summed E-state index contributed by atoms with van der Waals surface area (Å²) in [7, 11) is 0. The summed E-state index contributed by atoms with van der Waals surface area (Å²) in [6, 6.07) is 13.7. The second kappa shape index (κ2) is 7.66. The van der Waals surface area contributed by atoms with Crippen molar-refractivity contribution in [3.05, 3.63) is 59.2 Å². The first-order valence-corrected chi connectivity index (χ1v) is 10.0. The molecule has 1 saturated carbocycles. The third-order valence-corrected chi connectivity index (χ3v) is 5.81. The molecular formula is C23H27N3O2. The molecule has 2 fully saturated rings. The zero-order valence-electron chi connectivity index (χ0n) is 16.6. The summed E-state index contributed by atoms with van der Waals surface area (Å²) in [5.74, 6) is 0.243. The second-order valence-electron chi connectivity index (χ2n) is 7.84. The van der Waals surface area contributed by atoms with Gasteiger partial charge in [0.1, 0.15) is 0 Å². The maximum atomic E-state index is 12.9. The van der Waals surface area contributed by atoms with Gasteiger partial charge < -0.3 is 15.1 Å².